The summed E-state index contributed by atoms with van der Waals surface area (Å²) < 4.78 is 24.3. The van der Waals surface area contributed by atoms with Gasteiger partial charge in [-0.05, 0) is 38.6 Å². The molecule has 124 valence electrons. The molecule has 0 bridgehead atoms. The lowest BCUT2D eigenvalue weighted by atomic mass is 10.1. The number of hydrogen-bond donors (Lipinski definition) is 2. The first-order valence-electron chi connectivity index (χ1n) is 7.43. The highest BCUT2D eigenvalue weighted by molar-refractivity contribution is 7.88. The Hall–Kier alpha value is -0.370. The number of halogens is 1. The van der Waals surface area contributed by atoms with E-state index in [-0.39, 0.29) is 24.4 Å². The van der Waals surface area contributed by atoms with Crippen LogP contribution >= 0.6 is 12.4 Å². The van der Waals surface area contributed by atoms with Gasteiger partial charge in [0.05, 0.1) is 6.26 Å². The lowest BCUT2D eigenvalue weighted by molar-refractivity contribution is -0.122. The fourth-order valence-electron chi connectivity index (χ4n) is 2.94. The van der Waals surface area contributed by atoms with Crippen LogP contribution in [0.3, 0.4) is 0 Å². The number of rotatable bonds is 5. The van der Waals surface area contributed by atoms with Gasteiger partial charge >= 0.3 is 0 Å². The predicted octanol–water partition coefficient (Wildman–Crippen LogP) is 0.481. The third-order valence-electron chi connectivity index (χ3n) is 4.17. The van der Waals surface area contributed by atoms with Gasteiger partial charge in [-0.25, -0.2) is 12.7 Å². The highest BCUT2D eigenvalue weighted by Gasteiger charge is 2.25. The van der Waals surface area contributed by atoms with Gasteiger partial charge < -0.3 is 10.6 Å². The molecule has 0 aliphatic carbocycles. The molecule has 2 fully saturated rings. The smallest absolute Gasteiger partial charge is 0.220 e. The Morgan fingerprint density at radius 3 is 2.48 bits per heavy atom. The Bertz CT molecular complexity index is 430. The molecule has 2 aliphatic heterocycles. The Morgan fingerprint density at radius 1 is 1.29 bits per heavy atom. The summed E-state index contributed by atoms with van der Waals surface area (Å²) in [5.41, 5.74) is 0. The number of carbonyl (C=O) groups excluding carboxylic acids is 1. The number of nitrogens with one attached hydrogen (secondary N) is 2. The zero-order valence-corrected chi connectivity index (χ0v) is 14.1. The van der Waals surface area contributed by atoms with Gasteiger partial charge in [0.25, 0.3) is 0 Å². The largest absolute Gasteiger partial charge is 0.353 e. The lowest BCUT2D eigenvalue weighted by Gasteiger charge is -2.30. The molecule has 1 unspecified atom stereocenters. The lowest BCUT2D eigenvalue weighted by Crippen LogP contribution is -2.46. The van der Waals surface area contributed by atoms with Crippen LogP contribution in [-0.4, -0.2) is 56.6 Å². The first-order chi connectivity index (χ1) is 9.45. The molecule has 6 nitrogen and oxygen atoms in total. The van der Waals surface area contributed by atoms with Crippen molar-refractivity contribution in [1.82, 2.24) is 14.9 Å². The maximum absolute atomic E-state index is 11.9. The van der Waals surface area contributed by atoms with E-state index < -0.39 is 10.0 Å². The highest BCUT2D eigenvalue weighted by atomic mass is 35.5. The van der Waals surface area contributed by atoms with Gasteiger partial charge in [0.15, 0.2) is 0 Å². The second kappa shape index (κ2) is 8.31. The Kier molecular flexibility index (Phi) is 7.39. The molecule has 0 aromatic carbocycles. The van der Waals surface area contributed by atoms with Gasteiger partial charge in [0.2, 0.25) is 15.9 Å². The monoisotopic (exact) mass is 339 g/mol. The number of carbonyl (C=O) groups is 1. The maximum Gasteiger partial charge on any atom is 0.220 e. The van der Waals surface area contributed by atoms with E-state index in [1.54, 1.807) is 0 Å². The van der Waals surface area contributed by atoms with Crippen LogP contribution in [0.2, 0.25) is 0 Å². The Labute approximate surface area is 133 Å². The predicted molar refractivity (Wildman–Crippen MR) is 85.1 cm³/mol. The normalized spacial score (nSPS) is 24.5. The molecule has 21 heavy (non-hydrogen) atoms. The minimum atomic E-state index is -3.09. The quantitative estimate of drug-likeness (QED) is 0.763. The van der Waals surface area contributed by atoms with Crippen LogP contribution in [0.5, 0.6) is 0 Å². The summed E-state index contributed by atoms with van der Waals surface area (Å²) in [6.07, 6.45) is 6.48. The highest BCUT2D eigenvalue weighted by Crippen LogP contribution is 2.14. The van der Waals surface area contributed by atoms with Crippen molar-refractivity contribution in [2.45, 2.75) is 50.6 Å². The molecule has 1 amide bonds. The molecule has 2 N–H and O–H groups in total. The van der Waals surface area contributed by atoms with Crippen molar-refractivity contribution in [3.8, 4) is 0 Å². The van der Waals surface area contributed by atoms with Crippen molar-refractivity contribution < 1.29 is 13.2 Å². The second-order valence-corrected chi connectivity index (χ2v) is 7.82. The molecule has 2 heterocycles. The molecule has 0 radical (unpaired) electrons. The standard InChI is InChI=1S/C13H25N3O3S.ClH/c1-20(18,19)16-9-6-12(7-10-16)15-13(17)5-4-11-3-2-8-14-11;/h11-12,14H,2-10H2,1H3,(H,15,17);1H. The van der Waals surface area contributed by atoms with Crippen LogP contribution in [0.15, 0.2) is 0 Å². The van der Waals surface area contributed by atoms with E-state index in [1.165, 1.54) is 23.4 Å². The van der Waals surface area contributed by atoms with Gasteiger partial charge in [-0.15, -0.1) is 12.4 Å². The summed E-state index contributed by atoms with van der Waals surface area (Å²) in [6.45, 7) is 2.08. The number of amides is 1. The molecule has 0 saturated carbocycles. The van der Waals surface area contributed by atoms with E-state index in [1.807, 2.05) is 0 Å². The summed E-state index contributed by atoms with van der Waals surface area (Å²) in [5.74, 6) is 0.0940. The molecule has 2 rings (SSSR count). The van der Waals surface area contributed by atoms with Crippen LogP contribution in [0.25, 0.3) is 0 Å². The summed E-state index contributed by atoms with van der Waals surface area (Å²) >= 11 is 0. The zero-order chi connectivity index (χ0) is 14.6. The zero-order valence-electron chi connectivity index (χ0n) is 12.5. The second-order valence-electron chi connectivity index (χ2n) is 5.84. The number of hydrogen-bond acceptors (Lipinski definition) is 4. The van der Waals surface area contributed by atoms with Gasteiger partial charge in [-0.2, -0.15) is 0 Å². The van der Waals surface area contributed by atoms with Crippen molar-refractivity contribution in [3.05, 3.63) is 0 Å². The summed E-state index contributed by atoms with van der Waals surface area (Å²) in [6, 6.07) is 0.616. The Morgan fingerprint density at radius 2 is 1.95 bits per heavy atom. The number of sulfonamides is 1. The summed E-state index contributed by atoms with van der Waals surface area (Å²) in [5, 5.41) is 6.41. The third kappa shape index (κ3) is 6.10. The van der Waals surface area contributed by atoms with Crippen molar-refractivity contribution >= 4 is 28.3 Å². The molecular formula is C13H26ClN3O3S. The average Bonchev–Trinajstić information content (AvgIpc) is 2.89. The number of piperidine rings is 1. The summed E-state index contributed by atoms with van der Waals surface area (Å²) in [4.78, 5) is 11.9. The third-order valence-corrected chi connectivity index (χ3v) is 5.47. The molecule has 2 aliphatic rings. The van der Waals surface area contributed by atoms with Crippen molar-refractivity contribution in [2.75, 3.05) is 25.9 Å². The topological polar surface area (TPSA) is 78.5 Å². The fraction of sp³-hybridized carbons (Fsp3) is 0.923. The SMILES string of the molecule is CS(=O)(=O)N1CCC(NC(=O)CCC2CCCN2)CC1.Cl. The van der Waals surface area contributed by atoms with Crippen molar-refractivity contribution in [2.24, 2.45) is 0 Å². The Balaban J connectivity index is 0.00000220. The van der Waals surface area contributed by atoms with Gasteiger partial charge in [-0.3, -0.25) is 4.79 Å². The average molecular weight is 340 g/mol. The van der Waals surface area contributed by atoms with E-state index in [0.29, 0.717) is 38.4 Å². The van der Waals surface area contributed by atoms with Crippen LogP contribution in [0, 0.1) is 0 Å². The van der Waals surface area contributed by atoms with Crippen LogP contribution < -0.4 is 10.6 Å². The maximum atomic E-state index is 11.9. The van der Waals surface area contributed by atoms with Crippen LogP contribution in [-0.2, 0) is 14.8 Å². The summed E-state index contributed by atoms with van der Waals surface area (Å²) in [7, 11) is -3.09. The van der Waals surface area contributed by atoms with Crippen LogP contribution in [0.4, 0.5) is 0 Å². The molecular weight excluding hydrogens is 314 g/mol. The first kappa shape index (κ1) is 18.7. The molecule has 0 spiro atoms. The van der Waals surface area contributed by atoms with E-state index in [9.17, 15) is 13.2 Å². The minimum absolute atomic E-state index is 0. The van der Waals surface area contributed by atoms with Crippen LogP contribution in [0.1, 0.15) is 38.5 Å². The number of nitrogens with zero attached hydrogens (tertiary/aromatic N) is 1. The van der Waals surface area contributed by atoms with Gasteiger partial charge in [0, 0.05) is 31.6 Å². The minimum Gasteiger partial charge on any atom is -0.353 e. The molecule has 0 aromatic rings. The van der Waals surface area contributed by atoms with E-state index >= 15 is 0 Å². The van der Waals surface area contributed by atoms with Crippen molar-refractivity contribution in [1.29, 1.82) is 0 Å². The van der Waals surface area contributed by atoms with Crippen molar-refractivity contribution in [3.63, 3.8) is 0 Å². The van der Waals surface area contributed by atoms with E-state index in [0.717, 1.165) is 13.0 Å². The molecule has 2 saturated heterocycles. The fourth-order valence-corrected chi connectivity index (χ4v) is 3.81. The molecule has 1 atom stereocenters. The van der Waals surface area contributed by atoms with E-state index in [2.05, 4.69) is 10.6 Å². The van der Waals surface area contributed by atoms with E-state index in [4.69, 9.17) is 0 Å². The first-order valence-corrected chi connectivity index (χ1v) is 9.28. The van der Waals surface area contributed by atoms with Gasteiger partial charge in [-0.1, -0.05) is 0 Å². The molecule has 8 heteroatoms. The molecule has 0 aromatic heterocycles. The van der Waals surface area contributed by atoms with Gasteiger partial charge in [0.1, 0.15) is 0 Å².